The maximum absolute atomic E-state index is 10.6. The summed E-state index contributed by atoms with van der Waals surface area (Å²) in [6, 6.07) is 10.2. The molecule has 2 rings (SSSR count). The highest BCUT2D eigenvalue weighted by molar-refractivity contribution is 7.12. The van der Waals surface area contributed by atoms with E-state index in [-0.39, 0.29) is 0 Å². The number of carboxylic acid groups (broad SMARTS) is 1. The fourth-order valence-corrected chi connectivity index (χ4v) is 3.00. The summed E-state index contributed by atoms with van der Waals surface area (Å²) in [7, 11) is 0. The maximum Gasteiger partial charge on any atom is 0.328 e. The first-order chi connectivity index (χ1) is 9.69. The van der Waals surface area contributed by atoms with Crippen molar-refractivity contribution in [1.29, 1.82) is 0 Å². The third kappa shape index (κ3) is 4.03. The van der Waals surface area contributed by atoms with Crippen LogP contribution < -0.4 is 0 Å². The summed E-state index contributed by atoms with van der Waals surface area (Å²) in [6.07, 6.45) is 5.51. The highest BCUT2D eigenvalue weighted by Gasteiger charge is 2.09. The average Bonchev–Trinajstić information content (AvgIpc) is 2.80. The molecule has 4 heteroatoms. The number of hydrogen-bond donors (Lipinski definition) is 1. The lowest BCUT2D eigenvalue weighted by Gasteiger charge is -1.96. The second-order valence-electron chi connectivity index (χ2n) is 4.50. The topological polar surface area (TPSA) is 50.2 Å². The number of thiazole rings is 1. The summed E-state index contributed by atoms with van der Waals surface area (Å²) < 4.78 is 0. The molecular weight excluding hydrogens is 270 g/mol. The van der Waals surface area contributed by atoms with Crippen LogP contribution >= 0.6 is 11.3 Å². The maximum atomic E-state index is 10.6. The minimum atomic E-state index is -0.926. The van der Waals surface area contributed by atoms with Crippen LogP contribution in [-0.2, 0) is 17.6 Å². The number of benzene rings is 1. The molecule has 1 N–H and O–H groups in total. The Morgan fingerprint density at radius 3 is 2.75 bits per heavy atom. The van der Waals surface area contributed by atoms with Crippen LogP contribution in [0.25, 0.3) is 6.08 Å². The molecule has 0 fully saturated rings. The van der Waals surface area contributed by atoms with Gasteiger partial charge in [0, 0.05) is 12.5 Å². The van der Waals surface area contributed by atoms with E-state index in [1.54, 1.807) is 17.4 Å². The van der Waals surface area contributed by atoms with Gasteiger partial charge in [0.2, 0.25) is 0 Å². The third-order valence-electron chi connectivity index (χ3n) is 2.83. The molecular formula is C16H17NO2S. The molecule has 0 aliphatic rings. The Morgan fingerprint density at radius 1 is 1.35 bits per heavy atom. The molecule has 0 atom stereocenters. The molecule has 0 saturated carbocycles. The monoisotopic (exact) mass is 287 g/mol. The summed E-state index contributed by atoms with van der Waals surface area (Å²) in [5.74, 6) is -0.926. The van der Waals surface area contributed by atoms with Crippen molar-refractivity contribution in [2.75, 3.05) is 0 Å². The molecule has 104 valence electrons. The van der Waals surface area contributed by atoms with Gasteiger partial charge in [0.15, 0.2) is 0 Å². The van der Waals surface area contributed by atoms with E-state index in [4.69, 9.17) is 5.11 Å². The van der Waals surface area contributed by atoms with Crippen molar-refractivity contribution in [2.24, 2.45) is 0 Å². The van der Waals surface area contributed by atoms with Gasteiger partial charge in [0.05, 0.1) is 15.6 Å². The lowest BCUT2D eigenvalue weighted by atomic mass is 10.1. The predicted octanol–water partition coefficient (Wildman–Crippen LogP) is 3.78. The molecule has 1 aromatic carbocycles. The van der Waals surface area contributed by atoms with Gasteiger partial charge in [-0.05, 0) is 18.1 Å². The van der Waals surface area contributed by atoms with E-state index >= 15 is 0 Å². The Hall–Kier alpha value is -1.94. The SMILES string of the molecule is CCCc1nc(Cc2ccccc2)sc1/C=C/C(=O)O. The summed E-state index contributed by atoms with van der Waals surface area (Å²) in [5.41, 5.74) is 2.22. The van der Waals surface area contributed by atoms with Gasteiger partial charge in [-0.3, -0.25) is 0 Å². The zero-order chi connectivity index (χ0) is 14.4. The van der Waals surface area contributed by atoms with Crippen molar-refractivity contribution in [3.05, 3.63) is 57.6 Å². The molecule has 20 heavy (non-hydrogen) atoms. The minimum Gasteiger partial charge on any atom is -0.478 e. The van der Waals surface area contributed by atoms with Crippen LogP contribution in [0.15, 0.2) is 36.4 Å². The van der Waals surface area contributed by atoms with Crippen molar-refractivity contribution in [2.45, 2.75) is 26.2 Å². The molecule has 2 aromatic rings. The fraction of sp³-hybridized carbons (Fsp3) is 0.250. The number of aryl methyl sites for hydroxylation is 1. The van der Waals surface area contributed by atoms with E-state index in [1.807, 2.05) is 18.2 Å². The number of nitrogens with zero attached hydrogens (tertiary/aromatic N) is 1. The molecule has 0 amide bonds. The van der Waals surface area contributed by atoms with Gasteiger partial charge in [-0.25, -0.2) is 9.78 Å². The van der Waals surface area contributed by atoms with E-state index in [0.717, 1.165) is 34.8 Å². The highest BCUT2D eigenvalue weighted by atomic mass is 32.1. The first-order valence-corrected chi connectivity index (χ1v) is 7.44. The number of aromatic nitrogens is 1. The molecule has 0 bridgehead atoms. The third-order valence-corrected chi connectivity index (χ3v) is 3.90. The summed E-state index contributed by atoms with van der Waals surface area (Å²) >= 11 is 1.58. The second-order valence-corrected chi connectivity index (χ2v) is 5.62. The van der Waals surface area contributed by atoms with E-state index in [9.17, 15) is 4.79 Å². The predicted molar refractivity (Wildman–Crippen MR) is 82.0 cm³/mol. The van der Waals surface area contributed by atoms with Crippen molar-refractivity contribution in [3.8, 4) is 0 Å². The summed E-state index contributed by atoms with van der Waals surface area (Å²) in [6.45, 7) is 2.10. The normalized spacial score (nSPS) is 11.1. The lowest BCUT2D eigenvalue weighted by Crippen LogP contribution is -1.90. The van der Waals surface area contributed by atoms with Gasteiger partial charge in [-0.1, -0.05) is 43.7 Å². The Morgan fingerprint density at radius 2 is 2.10 bits per heavy atom. The van der Waals surface area contributed by atoms with E-state index < -0.39 is 5.97 Å². The van der Waals surface area contributed by atoms with Crippen molar-refractivity contribution in [3.63, 3.8) is 0 Å². The first-order valence-electron chi connectivity index (χ1n) is 6.62. The van der Waals surface area contributed by atoms with E-state index in [2.05, 4.69) is 24.0 Å². The molecule has 0 saturated heterocycles. The van der Waals surface area contributed by atoms with Crippen molar-refractivity contribution < 1.29 is 9.90 Å². The van der Waals surface area contributed by atoms with Crippen LogP contribution in [0.5, 0.6) is 0 Å². The van der Waals surface area contributed by atoms with E-state index in [0.29, 0.717) is 0 Å². The molecule has 0 spiro atoms. The van der Waals surface area contributed by atoms with Crippen LogP contribution in [0.2, 0.25) is 0 Å². The molecule has 1 aromatic heterocycles. The van der Waals surface area contributed by atoms with Gasteiger partial charge in [-0.15, -0.1) is 11.3 Å². The first kappa shape index (κ1) is 14.5. The largest absolute Gasteiger partial charge is 0.478 e. The number of carbonyl (C=O) groups is 1. The summed E-state index contributed by atoms with van der Waals surface area (Å²) in [4.78, 5) is 16.2. The smallest absolute Gasteiger partial charge is 0.328 e. The summed E-state index contributed by atoms with van der Waals surface area (Å²) in [5, 5.41) is 9.77. The number of hydrogen-bond acceptors (Lipinski definition) is 3. The van der Waals surface area contributed by atoms with Crippen LogP contribution in [0.3, 0.4) is 0 Å². The zero-order valence-corrected chi connectivity index (χ0v) is 12.2. The van der Waals surface area contributed by atoms with Crippen molar-refractivity contribution >= 4 is 23.4 Å². The molecule has 0 radical (unpaired) electrons. The highest BCUT2D eigenvalue weighted by Crippen LogP contribution is 2.23. The Labute approximate surface area is 122 Å². The molecule has 3 nitrogen and oxygen atoms in total. The number of carboxylic acids is 1. The quantitative estimate of drug-likeness (QED) is 0.822. The molecule has 0 aliphatic heterocycles. The fourth-order valence-electron chi connectivity index (χ4n) is 1.95. The second kappa shape index (κ2) is 7.01. The van der Waals surface area contributed by atoms with Gasteiger partial charge in [0.25, 0.3) is 0 Å². The number of aliphatic carboxylic acids is 1. The number of rotatable bonds is 6. The average molecular weight is 287 g/mol. The Kier molecular flexibility index (Phi) is 5.07. The zero-order valence-electron chi connectivity index (χ0n) is 11.4. The van der Waals surface area contributed by atoms with E-state index in [1.165, 1.54) is 11.6 Å². The van der Waals surface area contributed by atoms with Crippen LogP contribution in [0.1, 0.15) is 34.5 Å². The van der Waals surface area contributed by atoms with Gasteiger partial charge in [0.1, 0.15) is 0 Å². The molecule has 0 unspecified atom stereocenters. The van der Waals surface area contributed by atoms with Crippen molar-refractivity contribution in [1.82, 2.24) is 4.98 Å². The molecule has 1 heterocycles. The van der Waals surface area contributed by atoms with Gasteiger partial charge >= 0.3 is 5.97 Å². The van der Waals surface area contributed by atoms with Gasteiger partial charge in [-0.2, -0.15) is 0 Å². The minimum absolute atomic E-state index is 0.795. The van der Waals surface area contributed by atoms with Gasteiger partial charge < -0.3 is 5.11 Å². The van der Waals surface area contributed by atoms with Crippen LogP contribution in [0, 0.1) is 0 Å². The standard InChI is InChI=1S/C16H17NO2S/c1-2-6-13-14(9-10-16(18)19)20-15(17-13)11-12-7-4-3-5-8-12/h3-5,7-10H,2,6,11H2,1H3,(H,18,19)/b10-9+. The Balaban J connectivity index is 2.22. The lowest BCUT2D eigenvalue weighted by molar-refractivity contribution is -0.131. The van der Waals surface area contributed by atoms with Crippen LogP contribution in [0.4, 0.5) is 0 Å². The molecule has 0 aliphatic carbocycles. The van der Waals surface area contributed by atoms with Crippen LogP contribution in [-0.4, -0.2) is 16.1 Å². The Bertz CT molecular complexity index is 602.